The lowest BCUT2D eigenvalue weighted by Gasteiger charge is -2.09. The van der Waals surface area contributed by atoms with Gasteiger partial charge in [0.2, 0.25) is 11.6 Å². The van der Waals surface area contributed by atoms with Crippen LogP contribution in [0.5, 0.6) is 0 Å². The van der Waals surface area contributed by atoms with Crippen LogP contribution in [0, 0.1) is 81.4 Å². The molecule has 0 saturated carbocycles. The van der Waals surface area contributed by atoms with Gasteiger partial charge in [0.1, 0.15) is 0 Å². The monoisotopic (exact) mass is 534 g/mol. The summed E-state index contributed by atoms with van der Waals surface area (Å²) in [5.41, 5.74) is -6.88. The molecule has 36 heavy (non-hydrogen) atoms. The molecule has 190 valence electrons. The standard InChI is InChI=1S/C22H4F14/c23-9-5(1-3-7-13(27)17(31)21(35)18(32)14(7)28)10(24)12(26)6(11(9)25)2-4-8-15(29)19(33)22(36)20(34)16(8)30/h1-4H/b3-1+,4-2+. The van der Waals surface area contributed by atoms with E-state index in [-0.39, 0.29) is 24.3 Å². The molecule has 0 bridgehead atoms. The molecule has 0 aromatic heterocycles. The van der Waals surface area contributed by atoms with Gasteiger partial charge in [0, 0.05) is 0 Å². The SMILES string of the molecule is Fc1c(F)c(F)c(/C=C/c2c(F)c(F)c(/C=C/c3c(F)c(F)c(F)c(F)c3F)c(F)c2F)c(F)c1F. The van der Waals surface area contributed by atoms with Crippen LogP contribution in [0.3, 0.4) is 0 Å². The molecule has 0 aliphatic rings. The smallest absolute Gasteiger partial charge is 0.200 e. The predicted molar refractivity (Wildman–Crippen MR) is 96.6 cm³/mol. The Morgan fingerprint density at radius 2 is 0.306 bits per heavy atom. The van der Waals surface area contributed by atoms with Crippen molar-refractivity contribution in [1.82, 2.24) is 0 Å². The molecule has 3 rings (SSSR count). The van der Waals surface area contributed by atoms with Crippen molar-refractivity contribution in [1.29, 1.82) is 0 Å². The van der Waals surface area contributed by atoms with E-state index in [1.807, 2.05) is 0 Å². The Morgan fingerprint density at radius 3 is 0.472 bits per heavy atom. The van der Waals surface area contributed by atoms with Crippen LogP contribution in [-0.2, 0) is 0 Å². The average molecular weight is 534 g/mol. The molecule has 0 nitrogen and oxygen atoms in total. The van der Waals surface area contributed by atoms with Gasteiger partial charge in [-0.1, -0.05) is 0 Å². The normalized spacial score (nSPS) is 11.9. The number of hydrogen-bond donors (Lipinski definition) is 0. The maximum absolute atomic E-state index is 14.3. The first-order valence-corrected chi connectivity index (χ1v) is 8.97. The fourth-order valence-corrected chi connectivity index (χ4v) is 2.83. The summed E-state index contributed by atoms with van der Waals surface area (Å²) < 4.78 is 191. The number of halogens is 14. The Morgan fingerprint density at radius 1 is 0.194 bits per heavy atom. The van der Waals surface area contributed by atoms with Gasteiger partial charge in [-0.25, -0.2) is 61.5 Å². The van der Waals surface area contributed by atoms with E-state index >= 15 is 0 Å². The minimum atomic E-state index is -2.55. The van der Waals surface area contributed by atoms with Gasteiger partial charge in [-0.2, -0.15) is 0 Å². The van der Waals surface area contributed by atoms with E-state index in [1.54, 1.807) is 0 Å². The molecule has 0 fully saturated rings. The third-order valence-electron chi connectivity index (χ3n) is 4.65. The summed E-state index contributed by atoms with van der Waals surface area (Å²) in [6.45, 7) is 0. The summed E-state index contributed by atoms with van der Waals surface area (Å²) >= 11 is 0. The molecule has 0 spiro atoms. The van der Waals surface area contributed by atoms with Crippen LogP contribution < -0.4 is 0 Å². The Balaban J connectivity index is 2.13. The topological polar surface area (TPSA) is 0 Å². The lowest BCUT2D eigenvalue weighted by atomic mass is 10.0. The molecule has 3 aromatic carbocycles. The molecule has 0 N–H and O–H groups in total. The summed E-state index contributed by atoms with van der Waals surface area (Å²) in [6, 6.07) is 0. The maximum Gasteiger partial charge on any atom is 0.200 e. The molecule has 0 heterocycles. The quantitative estimate of drug-likeness (QED) is 0.138. The molecule has 0 amide bonds. The number of rotatable bonds is 4. The fourth-order valence-electron chi connectivity index (χ4n) is 2.83. The third-order valence-corrected chi connectivity index (χ3v) is 4.65. The second-order valence-corrected chi connectivity index (χ2v) is 6.72. The summed E-state index contributed by atoms with van der Waals surface area (Å²) in [7, 11) is 0. The lowest BCUT2D eigenvalue weighted by Crippen LogP contribution is -2.05. The minimum Gasteiger partial charge on any atom is -0.203 e. The molecule has 0 unspecified atom stereocenters. The van der Waals surface area contributed by atoms with Gasteiger partial charge in [0.15, 0.2) is 69.8 Å². The van der Waals surface area contributed by atoms with Crippen molar-refractivity contribution >= 4 is 24.3 Å². The minimum absolute atomic E-state index is 0.0767. The third kappa shape index (κ3) is 4.20. The van der Waals surface area contributed by atoms with Gasteiger partial charge in [-0.05, 0) is 24.3 Å². The predicted octanol–water partition coefficient (Wildman–Crippen LogP) is 7.97. The first-order valence-electron chi connectivity index (χ1n) is 8.97. The van der Waals surface area contributed by atoms with Crippen molar-refractivity contribution < 1.29 is 61.5 Å². The zero-order valence-electron chi connectivity index (χ0n) is 16.6. The fraction of sp³-hybridized carbons (Fsp3) is 0. The van der Waals surface area contributed by atoms with Gasteiger partial charge >= 0.3 is 0 Å². The van der Waals surface area contributed by atoms with Crippen LogP contribution in [0.4, 0.5) is 61.5 Å². The van der Waals surface area contributed by atoms with E-state index in [4.69, 9.17) is 0 Å². The summed E-state index contributed by atoms with van der Waals surface area (Å²) in [5.74, 6) is -33.8. The molecule has 0 radical (unpaired) electrons. The molecule has 14 heteroatoms. The average Bonchev–Trinajstić information content (AvgIpc) is 2.86. The van der Waals surface area contributed by atoms with E-state index in [1.165, 1.54) is 0 Å². The first-order chi connectivity index (χ1) is 16.7. The Bertz CT molecular complexity index is 1270. The van der Waals surface area contributed by atoms with Crippen LogP contribution in [0.1, 0.15) is 22.3 Å². The maximum atomic E-state index is 14.3. The van der Waals surface area contributed by atoms with Crippen LogP contribution in [-0.4, -0.2) is 0 Å². The molecule has 0 saturated heterocycles. The number of hydrogen-bond acceptors (Lipinski definition) is 0. The van der Waals surface area contributed by atoms with Crippen molar-refractivity contribution in [3.63, 3.8) is 0 Å². The second-order valence-electron chi connectivity index (χ2n) is 6.72. The zero-order valence-corrected chi connectivity index (χ0v) is 16.6. The van der Waals surface area contributed by atoms with E-state index in [0.717, 1.165) is 0 Å². The van der Waals surface area contributed by atoms with Gasteiger partial charge in [-0.3, -0.25) is 0 Å². The van der Waals surface area contributed by atoms with Crippen molar-refractivity contribution in [2.24, 2.45) is 0 Å². The van der Waals surface area contributed by atoms with Crippen molar-refractivity contribution in [3.8, 4) is 0 Å². The van der Waals surface area contributed by atoms with E-state index in [2.05, 4.69) is 0 Å². The largest absolute Gasteiger partial charge is 0.203 e. The van der Waals surface area contributed by atoms with Crippen molar-refractivity contribution in [3.05, 3.63) is 104 Å². The van der Waals surface area contributed by atoms with E-state index in [9.17, 15) is 61.5 Å². The molecule has 0 aliphatic carbocycles. The van der Waals surface area contributed by atoms with Crippen LogP contribution in [0.25, 0.3) is 24.3 Å². The molecule has 3 aromatic rings. The lowest BCUT2D eigenvalue weighted by molar-refractivity contribution is 0.377. The van der Waals surface area contributed by atoms with Gasteiger partial charge in [-0.15, -0.1) is 0 Å². The first kappa shape index (κ1) is 26.8. The Kier molecular flexibility index (Phi) is 7.18. The van der Waals surface area contributed by atoms with Crippen molar-refractivity contribution in [2.75, 3.05) is 0 Å². The Labute approximate surface area is 190 Å². The van der Waals surface area contributed by atoms with Gasteiger partial charge in [0.05, 0.1) is 22.3 Å². The molecule has 0 aliphatic heterocycles. The van der Waals surface area contributed by atoms with E-state index < -0.39 is 104 Å². The number of benzene rings is 3. The highest BCUT2D eigenvalue weighted by Crippen LogP contribution is 2.30. The highest BCUT2D eigenvalue weighted by Gasteiger charge is 2.27. The van der Waals surface area contributed by atoms with Crippen LogP contribution in [0.2, 0.25) is 0 Å². The zero-order chi connectivity index (χ0) is 27.2. The second kappa shape index (κ2) is 9.66. The van der Waals surface area contributed by atoms with Gasteiger partial charge in [0.25, 0.3) is 0 Å². The van der Waals surface area contributed by atoms with Crippen LogP contribution in [0.15, 0.2) is 0 Å². The highest BCUT2D eigenvalue weighted by atomic mass is 19.2. The van der Waals surface area contributed by atoms with E-state index in [0.29, 0.717) is 0 Å². The summed E-state index contributed by atoms with van der Waals surface area (Å²) in [6.07, 6.45) is -0.318. The summed E-state index contributed by atoms with van der Waals surface area (Å²) in [4.78, 5) is 0. The summed E-state index contributed by atoms with van der Waals surface area (Å²) in [5, 5.41) is 0. The van der Waals surface area contributed by atoms with Gasteiger partial charge < -0.3 is 0 Å². The Hall–Kier alpha value is -3.84. The molecule has 0 atom stereocenters. The molecular formula is C22H4F14. The van der Waals surface area contributed by atoms with Crippen LogP contribution >= 0.6 is 0 Å². The highest BCUT2D eigenvalue weighted by molar-refractivity contribution is 5.75. The van der Waals surface area contributed by atoms with Crippen molar-refractivity contribution in [2.45, 2.75) is 0 Å². The molecular weight excluding hydrogens is 530 g/mol.